The largest absolute Gasteiger partial charge is 0.294 e. The zero-order chi connectivity index (χ0) is 17.1. The van der Waals surface area contributed by atoms with Gasteiger partial charge in [-0.3, -0.25) is 9.69 Å². The predicted octanol–water partition coefficient (Wildman–Crippen LogP) is 3.46. The Hall–Kier alpha value is -2.46. The van der Waals surface area contributed by atoms with Crippen LogP contribution in [0.15, 0.2) is 65.8 Å². The van der Waals surface area contributed by atoms with E-state index in [0.29, 0.717) is 6.54 Å². The Kier molecular flexibility index (Phi) is 4.61. The predicted molar refractivity (Wildman–Crippen MR) is 99.3 cm³/mol. The number of carbonyl (C=O) groups excluding carboxylic acids is 1. The van der Waals surface area contributed by atoms with Crippen LogP contribution in [0, 0.1) is 0 Å². The van der Waals surface area contributed by atoms with Gasteiger partial charge in [-0.15, -0.1) is 0 Å². The normalized spacial score (nSPS) is 20.7. The fraction of sp³-hybridized carbons (Fsp3) is 0.333. The van der Waals surface area contributed by atoms with E-state index < -0.39 is 0 Å². The Morgan fingerprint density at radius 2 is 1.60 bits per heavy atom. The van der Waals surface area contributed by atoms with Crippen molar-refractivity contribution in [2.24, 2.45) is 5.10 Å². The van der Waals surface area contributed by atoms with Gasteiger partial charge < -0.3 is 0 Å². The number of amides is 1. The maximum Gasteiger partial charge on any atom is 0.257 e. The van der Waals surface area contributed by atoms with Crippen molar-refractivity contribution in [1.29, 1.82) is 0 Å². The summed E-state index contributed by atoms with van der Waals surface area (Å²) in [5.41, 5.74) is 3.23. The molecule has 0 N–H and O–H groups in total. The number of likely N-dealkylation sites (tertiary alicyclic amines) is 1. The van der Waals surface area contributed by atoms with Crippen molar-refractivity contribution in [1.82, 2.24) is 9.91 Å². The highest BCUT2D eigenvalue weighted by molar-refractivity contribution is 6.03. The van der Waals surface area contributed by atoms with Gasteiger partial charge in [-0.2, -0.15) is 5.10 Å². The van der Waals surface area contributed by atoms with Crippen LogP contribution in [0.3, 0.4) is 0 Å². The van der Waals surface area contributed by atoms with E-state index in [1.165, 1.54) is 12.8 Å². The van der Waals surface area contributed by atoms with Crippen LogP contribution in [-0.2, 0) is 4.79 Å². The molecule has 1 atom stereocenters. The third kappa shape index (κ3) is 3.49. The highest BCUT2D eigenvalue weighted by Gasteiger charge is 2.33. The van der Waals surface area contributed by atoms with Crippen LogP contribution < -0.4 is 0 Å². The summed E-state index contributed by atoms with van der Waals surface area (Å²) in [6.45, 7) is 2.50. The summed E-state index contributed by atoms with van der Waals surface area (Å²) in [6, 6.07) is 20.4. The first-order valence-electron chi connectivity index (χ1n) is 9.03. The maximum absolute atomic E-state index is 12.9. The van der Waals surface area contributed by atoms with Gasteiger partial charge in [0.1, 0.15) is 0 Å². The number of carbonyl (C=O) groups is 1. The number of rotatable bonds is 4. The molecule has 2 aromatic carbocycles. The lowest BCUT2D eigenvalue weighted by molar-refractivity contribution is -0.134. The van der Waals surface area contributed by atoms with Crippen molar-refractivity contribution >= 4 is 11.6 Å². The average Bonchev–Trinajstić information content (AvgIpc) is 3.33. The average molecular weight is 333 g/mol. The molecule has 1 fully saturated rings. The number of hydrogen-bond acceptors (Lipinski definition) is 3. The molecular weight excluding hydrogens is 310 g/mol. The fourth-order valence-corrected chi connectivity index (χ4v) is 3.68. The number of hydrogen-bond donors (Lipinski definition) is 0. The van der Waals surface area contributed by atoms with Crippen molar-refractivity contribution in [2.75, 3.05) is 19.6 Å². The van der Waals surface area contributed by atoms with E-state index in [-0.39, 0.29) is 11.9 Å². The van der Waals surface area contributed by atoms with Crippen LogP contribution >= 0.6 is 0 Å². The molecule has 2 heterocycles. The Bertz CT molecular complexity index is 751. The fourth-order valence-electron chi connectivity index (χ4n) is 3.68. The van der Waals surface area contributed by atoms with E-state index in [1.54, 1.807) is 5.01 Å². The molecule has 4 nitrogen and oxygen atoms in total. The SMILES string of the molecule is O=C(CN1CCCC1)N1N=C(c2ccccc2)CC1c1ccccc1. The molecule has 0 bridgehead atoms. The van der Waals surface area contributed by atoms with Crippen LogP contribution in [-0.4, -0.2) is 41.2 Å². The van der Waals surface area contributed by atoms with E-state index >= 15 is 0 Å². The van der Waals surface area contributed by atoms with E-state index in [0.717, 1.165) is 36.3 Å². The Balaban J connectivity index is 1.60. The highest BCUT2D eigenvalue weighted by Crippen LogP contribution is 2.32. The molecule has 1 amide bonds. The molecule has 0 aromatic heterocycles. The molecule has 1 saturated heterocycles. The Morgan fingerprint density at radius 1 is 0.960 bits per heavy atom. The first kappa shape index (κ1) is 16.0. The molecule has 2 aliphatic rings. The van der Waals surface area contributed by atoms with Crippen molar-refractivity contribution in [3.63, 3.8) is 0 Å². The molecule has 0 aliphatic carbocycles. The molecule has 0 radical (unpaired) electrons. The van der Waals surface area contributed by atoms with Gasteiger partial charge in [-0.1, -0.05) is 60.7 Å². The van der Waals surface area contributed by atoms with Crippen molar-refractivity contribution < 1.29 is 4.79 Å². The van der Waals surface area contributed by atoms with E-state index in [2.05, 4.69) is 29.2 Å². The molecule has 4 rings (SSSR count). The zero-order valence-corrected chi connectivity index (χ0v) is 14.3. The third-order valence-electron chi connectivity index (χ3n) is 5.01. The van der Waals surface area contributed by atoms with Crippen LogP contribution in [0.2, 0.25) is 0 Å². The van der Waals surface area contributed by atoms with E-state index in [9.17, 15) is 4.79 Å². The summed E-state index contributed by atoms with van der Waals surface area (Å²) >= 11 is 0. The van der Waals surface area contributed by atoms with Gasteiger partial charge in [0.2, 0.25) is 0 Å². The molecule has 0 spiro atoms. The lowest BCUT2D eigenvalue weighted by Gasteiger charge is -2.24. The quantitative estimate of drug-likeness (QED) is 0.859. The summed E-state index contributed by atoms with van der Waals surface area (Å²) in [5, 5.41) is 6.45. The molecule has 128 valence electrons. The molecule has 4 heteroatoms. The Labute approximate surface area is 148 Å². The van der Waals surface area contributed by atoms with Gasteiger partial charge in [-0.25, -0.2) is 5.01 Å². The summed E-state index contributed by atoms with van der Waals surface area (Å²) in [5.74, 6) is 0.0988. The van der Waals surface area contributed by atoms with Crippen molar-refractivity contribution in [2.45, 2.75) is 25.3 Å². The standard InChI is InChI=1S/C21H23N3O/c25-21(16-23-13-7-8-14-23)24-20(18-11-5-2-6-12-18)15-19(22-24)17-9-3-1-4-10-17/h1-6,9-12,20H,7-8,13-16H2. The van der Waals surface area contributed by atoms with Gasteiger partial charge in [0, 0.05) is 6.42 Å². The lowest BCUT2D eigenvalue weighted by Crippen LogP contribution is -2.36. The minimum atomic E-state index is -0.00786. The van der Waals surface area contributed by atoms with Crippen LogP contribution in [0.25, 0.3) is 0 Å². The van der Waals surface area contributed by atoms with Gasteiger partial charge >= 0.3 is 0 Å². The monoisotopic (exact) mass is 333 g/mol. The smallest absolute Gasteiger partial charge is 0.257 e. The Morgan fingerprint density at radius 3 is 2.28 bits per heavy atom. The molecular formula is C21H23N3O. The third-order valence-corrected chi connectivity index (χ3v) is 5.01. The van der Waals surface area contributed by atoms with Crippen LogP contribution in [0.4, 0.5) is 0 Å². The van der Waals surface area contributed by atoms with E-state index in [1.807, 2.05) is 36.4 Å². The minimum absolute atomic E-state index is 0.00786. The zero-order valence-electron chi connectivity index (χ0n) is 14.3. The van der Waals surface area contributed by atoms with Crippen molar-refractivity contribution in [3.05, 3.63) is 71.8 Å². The van der Waals surface area contributed by atoms with E-state index in [4.69, 9.17) is 5.10 Å². The number of hydrazone groups is 1. The summed E-state index contributed by atoms with van der Waals surface area (Å²) in [6.07, 6.45) is 3.14. The summed E-state index contributed by atoms with van der Waals surface area (Å²) in [4.78, 5) is 15.2. The van der Waals surface area contributed by atoms with Crippen LogP contribution in [0.1, 0.15) is 36.4 Å². The summed E-state index contributed by atoms with van der Waals surface area (Å²) in [7, 11) is 0. The minimum Gasteiger partial charge on any atom is -0.294 e. The highest BCUT2D eigenvalue weighted by atomic mass is 16.2. The lowest BCUT2D eigenvalue weighted by atomic mass is 9.98. The van der Waals surface area contributed by atoms with Crippen LogP contribution in [0.5, 0.6) is 0 Å². The van der Waals surface area contributed by atoms with Gasteiger partial charge in [0.05, 0.1) is 18.3 Å². The molecule has 25 heavy (non-hydrogen) atoms. The molecule has 2 aliphatic heterocycles. The number of benzene rings is 2. The summed E-state index contributed by atoms with van der Waals surface area (Å²) < 4.78 is 0. The van der Waals surface area contributed by atoms with Gasteiger partial charge in [0.25, 0.3) is 5.91 Å². The van der Waals surface area contributed by atoms with Gasteiger partial charge in [-0.05, 0) is 37.1 Å². The second-order valence-electron chi connectivity index (χ2n) is 6.76. The second-order valence-corrected chi connectivity index (χ2v) is 6.76. The number of nitrogens with zero attached hydrogens (tertiary/aromatic N) is 3. The van der Waals surface area contributed by atoms with Gasteiger partial charge in [0.15, 0.2) is 0 Å². The topological polar surface area (TPSA) is 35.9 Å². The molecule has 0 saturated carbocycles. The maximum atomic E-state index is 12.9. The second kappa shape index (κ2) is 7.19. The van der Waals surface area contributed by atoms with Crippen molar-refractivity contribution in [3.8, 4) is 0 Å². The first-order chi connectivity index (χ1) is 12.3. The first-order valence-corrected chi connectivity index (χ1v) is 9.03. The molecule has 1 unspecified atom stereocenters. The molecule has 2 aromatic rings.